The lowest BCUT2D eigenvalue weighted by Crippen LogP contribution is -2.01. The van der Waals surface area contributed by atoms with Crippen molar-refractivity contribution < 1.29 is 14.8 Å². The maximum absolute atomic E-state index is 10.8. The number of ether oxygens (including phenoxy) is 1. The van der Waals surface area contributed by atoms with Gasteiger partial charge in [0, 0.05) is 6.07 Å². The van der Waals surface area contributed by atoms with Gasteiger partial charge in [0.1, 0.15) is 0 Å². The first kappa shape index (κ1) is 13.2. The molecule has 0 aromatic heterocycles. The van der Waals surface area contributed by atoms with E-state index in [0.717, 1.165) is 12.8 Å². The molecule has 0 unspecified atom stereocenters. The summed E-state index contributed by atoms with van der Waals surface area (Å²) in [6.45, 7) is 3.81. The van der Waals surface area contributed by atoms with Gasteiger partial charge in [-0.1, -0.05) is 6.08 Å². The Morgan fingerprint density at radius 2 is 2.29 bits per heavy atom. The molecular formula is C12H15NO4. The van der Waals surface area contributed by atoms with Crippen molar-refractivity contribution in [1.29, 1.82) is 0 Å². The third kappa shape index (κ3) is 3.88. The number of aliphatic hydroxyl groups excluding tert-OH is 1. The minimum absolute atomic E-state index is 0.0826. The molecule has 1 aromatic rings. The highest BCUT2D eigenvalue weighted by atomic mass is 16.6. The third-order valence-electron chi connectivity index (χ3n) is 2.21. The molecule has 0 heterocycles. The molecule has 0 atom stereocenters. The van der Waals surface area contributed by atoms with Crippen molar-refractivity contribution in [2.24, 2.45) is 0 Å². The second-order valence-corrected chi connectivity index (χ2v) is 3.50. The predicted octanol–water partition coefficient (Wildman–Crippen LogP) is 2.43. The number of rotatable bonds is 7. The summed E-state index contributed by atoms with van der Waals surface area (Å²) in [4.78, 5) is 10.3. The van der Waals surface area contributed by atoms with Crippen LogP contribution < -0.4 is 4.74 Å². The lowest BCUT2D eigenvalue weighted by Gasteiger charge is -2.07. The Balaban J connectivity index is 2.78. The molecular weight excluding hydrogens is 222 g/mol. The zero-order chi connectivity index (χ0) is 12.7. The topological polar surface area (TPSA) is 72.6 Å². The molecule has 1 N–H and O–H groups in total. The van der Waals surface area contributed by atoms with Gasteiger partial charge in [0.2, 0.25) is 0 Å². The van der Waals surface area contributed by atoms with Crippen molar-refractivity contribution in [3.63, 3.8) is 0 Å². The fraction of sp³-hybridized carbons (Fsp3) is 0.333. The Morgan fingerprint density at radius 1 is 1.53 bits per heavy atom. The molecule has 0 saturated heterocycles. The molecule has 17 heavy (non-hydrogen) atoms. The first-order valence-corrected chi connectivity index (χ1v) is 5.31. The fourth-order valence-electron chi connectivity index (χ4n) is 1.33. The number of nitro groups is 1. The van der Waals surface area contributed by atoms with E-state index in [9.17, 15) is 10.1 Å². The van der Waals surface area contributed by atoms with Crippen molar-refractivity contribution in [1.82, 2.24) is 0 Å². The summed E-state index contributed by atoms with van der Waals surface area (Å²) in [5.74, 6) is 0.200. The zero-order valence-electron chi connectivity index (χ0n) is 9.46. The smallest absolute Gasteiger partial charge is 0.310 e. The largest absolute Gasteiger partial charge is 0.487 e. The Hall–Kier alpha value is -1.88. The number of unbranched alkanes of at least 4 members (excludes halogenated alkanes) is 1. The Kier molecular flexibility index (Phi) is 5.16. The van der Waals surface area contributed by atoms with E-state index in [1.54, 1.807) is 6.08 Å². The maximum Gasteiger partial charge on any atom is 0.310 e. The fourth-order valence-corrected chi connectivity index (χ4v) is 1.33. The lowest BCUT2D eigenvalue weighted by molar-refractivity contribution is -0.385. The van der Waals surface area contributed by atoms with Crippen LogP contribution in [0.25, 0.3) is 0 Å². The van der Waals surface area contributed by atoms with Gasteiger partial charge in [-0.05, 0) is 30.5 Å². The minimum atomic E-state index is -0.496. The number of hydrogen-bond acceptors (Lipinski definition) is 4. The summed E-state index contributed by atoms with van der Waals surface area (Å²) >= 11 is 0. The van der Waals surface area contributed by atoms with Gasteiger partial charge in [0.25, 0.3) is 0 Å². The van der Waals surface area contributed by atoms with Crippen LogP contribution in [0.15, 0.2) is 30.9 Å². The predicted molar refractivity (Wildman–Crippen MR) is 63.9 cm³/mol. The number of benzene rings is 1. The summed E-state index contributed by atoms with van der Waals surface area (Å²) < 4.78 is 5.34. The lowest BCUT2D eigenvalue weighted by atomic mass is 10.2. The van der Waals surface area contributed by atoms with E-state index in [-0.39, 0.29) is 18.0 Å². The van der Waals surface area contributed by atoms with Crippen molar-refractivity contribution in [2.75, 3.05) is 6.61 Å². The molecule has 1 aromatic carbocycles. The van der Waals surface area contributed by atoms with Crippen LogP contribution in [0.3, 0.4) is 0 Å². The van der Waals surface area contributed by atoms with Gasteiger partial charge in [-0.3, -0.25) is 10.1 Å². The molecule has 0 aliphatic rings. The van der Waals surface area contributed by atoms with Crippen molar-refractivity contribution >= 4 is 5.69 Å². The summed E-state index contributed by atoms with van der Waals surface area (Å²) in [5.41, 5.74) is 0.509. The summed E-state index contributed by atoms with van der Waals surface area (Å²) in [5, 5.41) is 19.7. The Bertz CT molecular complexity index is 403. The van der Waals surface area contributed by atoms with Crippen LogP contribution >= 0.6 is 0 Å². The molecule has 0 amide bonds. The second-order valence-electron chi connectivity index (χ2n) is 3.50. The molecule has 0 aliphatic carbocycles. The standard InChI is InChI=1S/C12H15NO4/c1-2-3-4-7-17-12-8-10(9-14)5-6-11(12)13(15)16/h2,5-6,8,14H,1,3-4,7,9H2. The molecule has 0 fully saturated rings. The highest BCUT2D eigenvalue weighted by molar-refractivity contribution is 5.48. The average Bonchev–Trinajstić information content (AvgIpc) is 2.34. The van der Waals surface area contributed by atoms with E-state index >= 15 is 0 Å². The second kappa shape index (κ2) is 6.65. The van der Waals surface area contributed by atoms with Crippen LogP contribution in [0.5, 0.6) is 5.75 Å². The van der Waals surface area contributed by atoms with E-state index in [4.69, 9.17) is 9.84 Å². The van der Waals surface area contributed by atoms with Gasteiger partial charge in [0.05, 0.1) is 18.1 Å². The molecule has 0 bridgehead atoms. The van der Waals surface area contributed by atoms with E-state index in [1.807, 2.05) is 0 Å². The van der Waals surface area contributed by atoms with Crippen molar-refractivity contribution in [2.45, 2.75) is 19.4 Å². The number of nitro benzene ring substituents is 1. The highest BCUT2D eigenvalue weighted by Crippen LogP contribution is 2.28. The minimum Gasteiger partial charge on any atom is -0.487 e. The number of nitrogens with zero attached hydrogens (tertiary/aromatic N) is 1. The van der Waals surface area contributed by atoms with E-state index < -0.39 is 4.92 Å². The average molecular weight is 237 g/mol. The molecule has 0 saturated carbocycles. The zero-order valence-corrected chi connectivity index (χ0v) is 9.46. The SMILES string of the molecule is C=CCCCOc1cc(CO)ccc1[N+](=O)[O-]. The number of allylic oxidation sites excluding steroid dienone is 1. The van der Waals surface area contributed by atoms with Crippen LogP contribution in [-0.2, 0) is 6.61 Å². The normalized spacial score (nSPS) is 9.94. The van der Waals surface area contributed by atoms with E-state index in [2.05, 4.69) is 6.58 Å². The summed E-state index contributed by atoms with van der Waals surface area (Å²) in [6.07, 6.45) is 3.32. The Labute approximate surface area is 99.5 Å². The van der Waals surface area contributed by atoms with E-state index in [0.29, 0.717) is 12.2 Å². The van der Waals surface area contributed by atoms with Crippen molar-refractivity contribution in [3.05, 3.63) is 46.5 Å². The molecule has 1 rings (SSSR count). The van der Waals surface area contributed by atoms with E-state index in [1.165, 1.54) is 18.2 Å². The highest BCUT2D eigenvalue weighted by Gasteiger charge is 2.15. The van der Waals surface area contributed by atoms with Gasteiger partial charge < -0.3 is 9.84 Å². The van der Waals surface area contributed by atoms with Crippen LogP contribution in [0.1, 0.15) is 18.4 Å². The molecule has 0 radical (unpaired) electrons. The third-order valence-corrected chi connectivity index (χ3v) is 2.21. The summed E-state index contributed by atoms with van der Waals surface area (Å²) in [7, 11) is 0. The monoisotopic (exact) mass is 237 g/mol. The number of hydrogen-bond donors (Lipinski definition) is 1. The summed E-state index contributed by atoms with van der Waals surface area (Å²) in [6, 6.07) is 4.34. The molecule has 5 nitrogen and oxygen atoms in total. The Morgan fingerprint density at radius 3 is 2.88 bits per heavy atom. The van der Waals surface area contributed by atoms with Gasteiger partial charge >= 0.3 is 5.69 Å². The molecule has 5 heteroatoms. The number of aliphatic hydroxyl groups is 1. The first-order chi connectivity index (χ1) is 8.19. The molecule has 92 valence electrons. The van der Waals surface area contributed by atoms with Gasteiger partial charge in [-0.15, -0.1) is 6.58 Å². The van der Waals surface area contributed by atoms with Crippen LogP contribution in [0, 0.1) is 10.1 Å². The van der Waals surface area contributed by atoms with Crippen LogP contribution in [0.4, 0.5) is 5.69 Å². The van der Waals surface area contributed by atoms with Crippen LogP contribution in [-0.4, -0.2) is 16.6 Å². The van der Waals surface area contributed by atoms with Crippen LogP contribution in [0.2, 0.25) is 0 Å². The van der Waals surface area contributed by atoms with Gasteiger partial charge in [-0.2, -0.15) is 0 Å². The van der Waals surface area contributed by atoms with Gasteiger partial charge in [0.15, 0.2) is 5.75 Å². The van der Waals surface area contributed by atoms with Crippen molar-refractivity contribution in [3.8, 4) is 5.75 Å². The first-order valence-electron chi connectivity index (χ1n) is 5.31. The molecule has 0 spiro atoms. The quantitative estimate of drug-likeness (QED) is 0.342. The maximum atomic E-state index is 10.8. The molecule has 0 aliphatic heterocycles. The van der Waals surface area contributed by atoms with Gasteiger partial charge in [-0.25, -0.2) is 0 Å².